The Labute approximate surface area is 131 Å². The maximum Gasteiger partial charge on any atom is 0.226 e. The first kappa shape index (κ1) is 15.5. The molecule has 4 heteroatoms. The summed E-state index contributed by atoms with van der Waals surface area (Å²) in [5.74, 6) is 0.124. The predicted octanol–water partition coefficient (Wildman–Crippen LogP) is 1.91. The zero-order valence-electron chi connectivity index (χ0n) is 13.0. The van der Waals surface area contributed by atoms with Crippen molar-refractivity contribution in [3.8, 4) is 0 Å². The highest BCUT2D eigenvalue weighted by molar-refractivity contribution is 5.87. The molecule has 1 spiro atoms. The van der Waals surface area contributed by atoms with E-state index in [1.165, 1.54) is 5.56 Å². The topological polar surface area (TPSA) is 58.6 Å². The molecule has 2 fully saturated rings. The largest absolute Gasteiger partial charge is 0.396 e. The lowest BCUT2D eigenvalue weighted by molar-refractivity contribution is -0.129. The third-order valence-corrected chi connectivity index (χ3v) is 5.50. The minimum absolute atomic E-state index is 0.0742. The van der Waals surface area contributed by atoms with Crippen molar-refractivity contribution in [1.82, 2.24) is 5.32 Å². The molecule has 3 rings (SSSR count). The van der Waals surface area contributed by atoms with Crippen LogP contribution in [-0.4, -0.2) is 37.4 Å². The van der Waals surface area contributed by atoms with Crippen LogP contribution in [0, 0.1) is 10.8 Å². The van der Waals surface area contributed by atoms with Crippen molar-refractivity contribution in [2.75, 3.05) is 26.4 Å². The van der Waals surface area contributed by atoms with Crippen LogP contribution in [0.4, 0.5) is 0 Å². The lowest BCUT2D eigenvalue weighted by atomic mass is 9.83. The molecule has 1 heterocycles. The van der Waals surface area contributed by atoms with Gasteiger partial charge < -0.3 is 15.2 Å². The maximum atomic E-state index is 12.7. The molecule has 1 saturated heterocycles. The average molecular weight is 303 g/mol. The molecule has 22 heavy (non-hydrogen) atoms. The van der Waals surface area contributed by atoms with E-state index in [1.807, 2.05) is 18.2 Å². The molecule has 1 amide bonds. The van der Waals surface area contributed by atoms with Gasteiger partial charge in [-0.3, -0.25) is 4.79 Å². The van der Waals surface area contributed by atoms with Crippen LogP contribution in [0.15, 0.2) is 30.3 Å². The fraction of sp³-hybridized carbons (Fsp3) is 0.611. The van der Waals surface area contributed by atoms with Crippen molar-refractivity contribution in [2.24, 2.45) is 10.8 Å². The van der Waals surface area contributed by atoms with Crippen LogP contribution in [-0.2, 0) is 16.0 Å². The highest BCUT2D eigenvalue weighted by Crippen LogP contribution is 2.70. The molecule has 2 N–H and O–H groups in total. The summed E-state index contributed by atoms with van der Waals surface area (Å²) < 4.78 is 5.44. The summed E-state index contributed by atoms with van der Waals surface area (Å²) in [5.41, 5.74) is 0.947. The van der Waals surface area contributed by atoms with Gasteiger partial charge in [-0.2, -0.15) is 0 Å². The Morgan fingerprint density at radius 2 is 1.95 bits per heavy atom. The summed E-state index contributed by atoms with van der Waals surface area (Å²) in [4.78, 5) is 12.7. The van der Waals surface area contributed by atoms with E-state index < -0.39 is 0 Å². The zero-order chi connectivity index (χ0) is 15.5. The van der Waals surface area contributed by atoms with Gasteiger partial charge in [0.25, 0.3) is 0 Å². The first-order valence-corrected chi connectivity index (χ1v) is 8.23. The zero-order valence-corrected chi connectivity index (χ0v) is 13.0. The van der Waals surface area contributed by atoms with Crippen LogP contribution in [0.2, 0.25) is 0 Å². The number of aliphatic hydroxyl groups excluding tert-OH is 1. The molecule has 1 aromatic carbocycles. The third kappa shape index (κ3) is 2.77. The van der Waals surface area contributed by atoms with Gasteiger partial charge in [-0.05, 0) is 43.1 Å². The van der Waals surface area contributed by atoms with Gasteiger partial charge in [0.15, 0.2) is 0 Å². The molecule has 1 aliphatic heterocycles. The van der Waals surface area contributed by atoms with E-state index in [1.54, 1.807) is 0 Å². The summed E-state index contributed by atoms with van der Waals surface area (Å²) in [6.07, 6.45) is 4.21. The molecule has 0 aromatic heterocycles. The third-order valence-electron chi connectivity index (χ3n) is 5.50. The summed E-state index contributed by atoms with van der Waals surface area (Å²) >= 11 is 0. The van der Waals surface area contributed by atoms with Crippen LogP contribution in [0.25, 0.3) is 0 Å². The van der Waals surface area contributed by atoms with Gasteiger partial charge >= 0.3 is 0 Å². The van der Waals surface area contributed by atoms with Gasteiger partial charge in [-0.1, -0.05) is 30.3 Å². The minimum atomic E-state index is -0.359. The minimum Gasteiger partial charge on any atom is -0.396 e. The van der Waals surface area contributed by atoms with Crippen LogP contribution in [0.3, 0.4) is 0 Å². The van der Waals surface area contributed by atoms with Gasteiger partial charge in [-0.15, -0.1) is 0 Å². The Kier molecular flexibility index (Phi) is 4.50. The second kappa shape index (κ2) is 6.39. The standard InChI is InChI=1S/C18H25NO3/c20-11-7-18(14-17(18)8-12-22-13-9-17)16(21)19-10-6-15-4-2-1-3-5-15/h1-5,20H,6-14H2,(H,19,21). The Morgan fingerprint density at radius 3 is 2.64 bits per heavy atom. The van der Waals surface area contributed by atoms with Crippen molar-refractivity contribution < 1.29 is 14.6 Å². The molecule has 120 valence electrons. The fourth-order valence-electron chi connectivity index (χ4n) is 4.06. The summed E-state index contributed by atoms with van der Waals surface area (Å²) in [6, 6.07) is 10.2. The average Bonchev–Trinajstić information content (AvgIpc) is 3.16. The Hall–Kier alpha value is -1.39. The number of carbonyl (C=O) groups excluding carboxylic acids is 1. The normalized spacial score (nSPS) is 25.9. The van der Waals surface area contributed by atoms with E-state index in [9.17, 15) is 9.90 Å². The van der Waals surface area contributed by atoms with E-state index in [4.69, 9.17) is 4.74 Å². The Bertz CT molecular complexity index is 510. The molecule has 4 nitrogen and oxygen atoms in total. The van der Waals surface area contributed by atoms with Crippen LogP contribution in [0.1, 0.15) is 31.2 Å². The smallest absolute Gasteiger partial charge is 0.226 e. The van der Waals surface area contributed by atoms with Crippen molar-refractivity contribution >= 4 is 5.91 Å². The summed E-state index contributed by atoms with van der Waals surface area (Å²) in [7, 11) is 0. The number of amides is 1. The Morgan fingerprint density at radius 1 is 1.23 bits per heavy atom. The number of hydrogen-bond donors (Lipinski definition) is 2. The van der Waals surface area contributed by atoms with Crippen molar-refractivity contribution in [1.29, 1.82) is 0 Å². The number of ether oxygens (including phenoxy) is 1. The fourth-order valence-corrected chi connectivity index (χ4v) is 4.06. The van der Waals surface area contributed by atoms with Gasteiger partial charge in [-0.25, -0.2) is 0 Å². The molecular formula is C18H25NO3. The number of nitrogens with one attached hydrogen (secondary N) is 1. The van der Waals surface area contributed by atoms with Crippen LogP contribution in [0.5, 0.6) is 0 Å². The second-order valence-electron chi connectivity index (χ2n) is 6.62. The molecule has 1 unspecified atom stereocenters. The van der Waals surface area contributed by atoms with Crippen LogP contribution < -0.4 is 5.32 Å². The van der Waals surface area contributed by atoms with Gasteiger partial charge in [0, 0.05) is 26.4 Å². The molecule has 0 bridgehead atoms. The number of hydrogen-bond acceptors (Lipinski definition) is 3. The molecule has 0 radical (unpaired) electrons. The molecule has 1 aliphatic carbocycles. The summed E-state index contributed by atoms with van der Waals surface area (Å²) in [5, 5.41) is 12.5. The molecular weight excluding hydrogens is 278 g/mol. The first-order chi connectivity index (χ1) is 10.7. The van der Waals surface area contributed by atoms with Crippen molar-refractivity contribution in [3.05, 3.63) is 35.9 Å². The molecule has 1 aromatic rings. The van der Waals surface area contributed by atoms with E-state index in [0.717, 1.165) is 38.9 Å². The van der Waals surface area contributed by atoms with E-state index in [-0.39, 0.29) is 23.3 Å². The highest BCUT2D eigenvalue weighted by atomic mass is 16.5. The number of benzene rings is 1. The summed E-state index contributed by atoms with van der Waals surface area (Å²) in [6.45, 7) is 2.21. The second-order valence-corrected chi connectivity index (χ2v) is 6.62. The maximum absolute atomic E-state index is 12.7. The SMILES string of the molecule is O=C(NCCc1ccccc1)C1(CCO)CC12CCOCC2. The predicted molar refractivity (Wildman–Crippen MR) is 84.4 cm³/mol. The number of carbonyl (C=O) groups is 1. The van der Waals surface area contributed by atoms with E-state index in [2.05, 4.69) is 17.4 Å². The van der Waals surface area contributed by atoms with Gasteiger partial charge in [0.1, 0.15) is 0 Å². The van der Waals surface area contributed by atoms with Gasteiger partial charge in [0.2, 0.25) is 5.91 Å². The lowest BCUT2D eigenvalue weighted by Gasteiger charge is -2.28. The monoisotopic (exact) mass is 303 g/mol. The van der Waals surface area contributed by atoms with E-state index >= 15 is 0 Å². The quantitative estimate of drug-likeness (QED) is 0.844. The lowest BCUT2D eigenvalue weighted by Crippen LogP contribution is -2.39. The number of aliphatic hydroxyl groups is 1. The van der Waals surface area contributed by atoms with Crippen LogP contribution >= 0.6 is 0 Å². The Balaban J connectivity index is 1.57. The van der Waals surface area contributed by atoms with Crippen molar-refractivity contribution in [3.63, 3.8) is 0 Å². The highest BCUT2D eigenvalue weighted by Gasteiger charge is 2.70. The van der Waals surface area contributed by atoms with E-state index in [0.29, 0.717) is 13.0 Å². The van der Waals surface area contributed by atoms with Gasteiger partial charge in [0.05, 0.1) is 5.41 Å². The molecule has 1 atom stereocenters. The molecule has 1 saturated carbocycles. The van der Waals surface area contributed by atoms with Crippen molar-refractivity contribution in [2.45, 2.75) is 32.1 Å². The first-order valence-electron chi connectivity index (χ1n) is 8.23. The molecule has 2 aliphatic rings. The number of rotatable bonds is 6.